The maximum Gasteiger partial charge on any atom is 0.404 e. The van der Waals surface area contributed by atoms with Crippen molar-refractivity contribution in [3.8, 4) is 5.75 Å². The molecule has 12 heteroatoms. The van der Waals surface area contributed by atoms with Crippen molar-refractivity contribution in [2.24, 2.45) is 5.73 Å². The predicted octanol–water partition coefficient (Wildman–Crippen LogP) is 1.22. The van der Waals surface area contributed by atoms with Gasteiger partial charge in [0.2, 0.25) is 5.95 Å². The summed E-state index contributed by atoms with van der Waals surface area (Å²) in [5.41, 5.74) is 6.33. The van der Waals surface area contributed by atoms with Crippen LogP contribution in [-0.2, 0) is 22.0 Å². The SMILES string of the molecule is Cc1cnc2c(c1)OC[C@@H]1CN(c3nc4c(c(NC(C)(C)COC(N)=O)n3)[S@](=O)CC4)CCN21. The van der Waals surface area contributed by atoms with Crippen molar-refractivity contribution in [1.82, 2.24) is 15.0 Å². The van der Waals surface area contributed by atoms with E-state index < -0.39 is 22.4 Å². The van der Waals surface area contributed by atoms with Gasteiger partial charge in [0.1, 0.15) is 23.9 Å². The molecule has 2 atom stereocenters. The van der Waals surface area contributed by atoms with Crippen molar-refractivity contribution >= 4 is 34.5 Å². The molecule has 182 valence electrons. The first-order valence-corrected chi connectivity index (χ1v) is 12.6. The lowest BCUT2D eigenvalue weighted by atomic mass is 10.1. The van der Waals surface area contributed by atoms with Crippen LogP contribution in [0.4, 0.5) is 22.4 Å². The van der Waals surface area contributed by atoms with Crippen LogP contribution in [0, 0.1) is 6.92 Å². The van der Waals surface area contributed by atoms with Gasteiger partial charge in [0.05, 0.1) is 28.1 Å². The second kappa shape index (κ2) is 8.57. The molecule has 1 amide bonds. The standard InChI is InChI=1S/C22H29N7O4S/c1-13-8-16-19(24-9-13)29-6-5-28(10-14(29)11-32-16)21-25-15-4-7-34(31)17(15)18(26-21)27-22(2,3)12-33-20(23)30/h8-9,14H,4-7,10-12H2,1-3H3,(H2,23,30)(H,25,26,27)/t14-,34+/m0/s1. The molecule has 0 radical (unpaired) electrons. The molecule has 5 rings (SSSR count). The number of piperazine rings is 1. The predicted molar refractivity (Wildman–Crippen MR) is 128 cm³/mol. The summed E-state index contributed by atoms with van der Waals surface area (Å²) in [4.78, 5) is 30.3. The van der Waals surface area contributed by atoms with E-state index in [1.807, 2.05) is 33.0 Å². The van der Waals surface area contributed by atoms with Crippen LogP contribution in [0.25, 0.3) is 0 Å². The first-order valence-electron chi connectivity index (χ1n) is 11.3. The number of aryl methyl sites for hydroxylation is 2. The third-order valence-corrected chi connectivity index (χ3v) is 7.61. The Morgan fingerprint density at radius 2 is 2.21 bits per heavy atom. The maximum absolute atomic E-state index is 12.7. The van der Waals surface area contributed by atoms with E-state index in [9.17, 15) is 9.00 Å². The van der Waals surface area contributed by atoms with Crippen molar-refractivity contribution in [2.75, 3.05) is 53.7 Å². The summed E-state index contributed by atoms with van der Waals surface area (Å²) in [7, 11) is -1.18. The molecular weight excluding hydrogens is 458 g/mol. The van der Waals surface area contributed by atoms with Crippen molar-refractivity contribution in [3.05, 3.63) is 23.5 Å². The average molecular weight is 488 g/mol. The number of fused-ring (bicyclic) bond motifs is 4. The molecule has 0 saturated carbocycles. The minimum atomic E-state index is -1.18. The Kier molecular flexibility index (Phi) is 5.70. The van der Waals surface area contributed by atoms with Gasteiger partial charge in [-0.3, -0.25) is 4.21 Å². The third-order valence-electron chi connectivity index (χ3n) is 6.15. The number of anilines is 3. The number of pyridine rings is 1. The van der Waals surface area contributed by atoms with Gasteiger partial charge in [0.15, 0.2) is 11.6 Å². The Labute approximate surface area is 200 Å². The van der Waals surface area contributed by atoms with Crippen LogP contribution < -0.4 is 25.6 Å². The van der Waals surface area contributed by atoms with Gasteiger partial charge in [0.25, 0.3) is 0 Å². The van der Waals surface area contributed by atoms with E-state index in [0.29, 0.717) is 42.0 Å². The topological polar surface area (TPSA) is 136 Å². The number of nitrogens with two attached hydrogens (primary N) is 1. The number of primary amides is 1. The highest BCUT2D eigenvalue weighted by Gasteiger charge is 2.36. The van der Waals surface area contributed by atoms with Crippen molar-refractivity contribution < 1.29 is 18.5 Å². The summed E-state index contributed by atoms with van der Waals surface area (Å²) in [6.07, 6.45) is 1.65. The summed E-state index contributed by atoms with van der Waals surface area (Å²) >= 11 is 0. The molecule has 0 unspecified atom stereocenters. The first-order chi connectivity index (χ1) is 16.2. The van der Waals surface area contributed by atoms with E-state index in [1.165, 1.54) is 0 Å². The zero-order chi connectivity index (χ0) is 24.0. The van der Waals surface area contributed by atoms with E-state index in [0.717, 1.165) is 35.9 Å². The molecule has 0 aromatic carbocycles. The van der Waals surface area contributed by atoms with E-state index in [4.69, 9.17) is 25.2 Å². The van der Waals surface area contributed by atoms with Crippen molar-refractivity contribution in [3.63, 3.8) is 0 Å². The van der Waals surface area contributed by atoms with Gasteiger partial charge >= 0.3 is 6.09 Å². The molecule has 1 saturated heterocycles. The summed E-state index contributed by atoms with van der Waals surface area (Å²) in [5.74, 6) is 3.33. The number of carbonyl (C=O) groups excluding carboxylic acids is 1. The molecule has 3 aliphatic heterocycles. The highest BCUT2D eigenvalue weighted by atomic mass is 32.2. The van der Waals surface area contributed by atoms with E-state index in [1.54, 1.807) is 0 Å². The Morgan fingerprint density at radius 1 is 1.38 bits per heavy atom. The zero-order valence-corrected chi connectivity index (χ0v) is 20.4. The van der Waals surface area contributed by atoms with E-state index in [-0.39, 0.29) is 12.6 Å². The second-order valence-electron chi connectivity index (χ2n) is 9.50. The largest absolute Gasteiger partial charge is 0.487 e. The third kappa shape index (κ3) is 4.33. The number of carbonyl (C=O) groups is 1. The van der Waals surface area contributed by atoms with E-state index in [2.05, 4.69) is 20.1 Å². The number of rotatable bonds is 5. The van der Waals surface area contributed by atoms with E-state index >= 15 is 0 Å². The minimum Gasteiger partial charge on any atom is -0.487 e. The molecular formula is C22H29N7O4S. The number of ether oxygens (including phenoxy) is 2. The number of nitrogens with one attached hydrogen (secondary N) is 1. The molecule has 34 heavy (non-hydrogen) atoms. The number of aromatic nitrogens is 3. The van der Waals surface area contributed by atoms with Gasteiger partial charge < -0.3 is 30.3 Å². The lowest BCUT2D eigenvalue weighted by Gasteiger charge is -2.44. The van der Waals surface area contributed by atoms with Crippen molar-refractivity contribution in [1.29, 1.82) is 0 Å². The number of hydrogen-bond acceptors (Lipinski definition) is 10. The Bertz CT molecular complexity index is 1160. The molecule has 2 aromatic heterocycles. The highest BCUT2D eigenvalue weighted by Crippen LogP contribution is 2.36. The van der Waals surface area contributed by atoms with Crippen LogP contribution in [0.1, 0.15) is 25.1 Å². The van der Waals surface area contributed by atoms with Gasteiger partial charge in [0, 0.05) is 38.0 Å². The Balaban J connectivity index is 1.40. The number of nitrogens with zero attached hydrogens (tertiary/aromatic N) is 5. The lowest BCUT2D eigenvalue weighted by molar-refractivity contribution is 0.138. The summed E-state index contributed by atoms with van der Waals surface area (Å²) in [6.45, 7) is 8.53. The van der Waals surface area contributed by atoms with Gasteiger partial charge in [-0.05, 0) is 32.4 Å². The quantitative estimate of drug-likeness (QED) is 0.633. The Morgan fingerprint density at radius 3 is 3.00 bits per heavy atom. The van der Waals surface area contributed by atoms with Crippen LogP contribution in [0.15, 0.2) is 17.2 Å². The lowest BCUT2D eigenvalue weighted by Crippen LogP contribution is -2.58. The summed E-state index contributed by atoms with van der Waals surface area (Å²) < 4.78 is 23.7. The molecule has 3 N–H and O–H groups in total. The van der Waals surface area contributed by atoms with Crippen molar-refractivity contribution in [2.45, 2.75) is 43.7 Å². The fourth-order valence-corrected chi connectivity index (χ4v) is 5.83. The molecule has 0 aliphatic carbocycles. The van der Waals surface area contributed by atoms with Crippen LogP contribution in [-0.4, -0.2) is 75.4 Å². The van der Waals surface area contributed by atoms with Gasteiger partial charge in [-0.25, -0.2) is 14.8 Å². The van der Waals surface area contributed by atoms with Crippen LogP contribution in [0.5, 0.6) is 5.75 Å². The molecule has 1 fully saturated rings. The molecule has 0 spiro atoms. The van der Waals surface area contributed by atoms with Crippen LogP contribution >= 0.6 is 0 Å². The molecule has 11 nitrogen and oxygen atoms in total. The average Bonchev–Trinajstić information content (AvgIpc) is 3.18. The smallest absolute Gasteiger partial charge is 0.404 e. The number of amides is 1. The van der Waals surface area contributed by atoms with Gasteiger partial charge in [-0.15, -0.1) is 0 Å². The minimum absolute atomic E-state index is 0.0487. The fraction of sp³-hybridized carbons (Fsp3) is 0.545. The monoisotopic (exact) mass is 487 g/mol. The van der Waals surface area contributed by atoms with Gasteiger partial charge in [-0.1, -0.05) is 0 Å². The van der Waals surface area contributed by atoms with Crippen LogP contribution in [0.3, 0.4) is 0 Å². The normalized spacial score (nSPS) is 21.3. The highest BCUT2D eigenvalue weighted by molar-refractivity contribution is 7.85. The Hall–Kier alpha value is -3.15. The summed E-state index contributed by atoms with van der Waals surface area (Å²) in [5, 5.41) is 3.31. The maximum atomic E-state index is 12.7. The molecule has 2 aromatic rings. The fourth-order valence-electron chi connectivity index (χ4n) is 4.52. The molecule has 5 heterocycles. The first kappa shape index (κ1) is 22.6. The van der Waals surface area contributed by atoms with Gasteiger partial charge in [-0.2, -0.15) is 4.98 Å². The summed E-state index contributed by atoms with van der Waals surface area (Å²) in [6, 6.07) is 2.15. The zero-order valence-electron chi connectivity index (χ0n) is 19.5. The van der Waals surface area contributed by atoms with Crippen LogP contribution in [0.2, 0.25) is 0 Å². The number of hydrogen-bond donors (Lipinski definition) is 2. The molecule has 0 bridgehead atoms. The second-order valence-corrected chi connectivity index (χ2v) is 11.0. The molecule has 3 aliphatic rings.